The fourth-order valence-electron chi connectivity index (χ4n) is 2.67. The van der Waals surface area contributed by atoms with Gasteiger partial charge >= 0.3 is 0 Å². The molecule has 1 aliphatic carbocycles. The van der Waals surface area contributed by atoms with Crippen molar-refractivity contribution in [2.45, 2.75) is 38.6 Å². The van der Waals surface area contributed by atoms with Crippen molar-refractivity contribution in [1.82, 2.24) is 5.32 Å². The molecular weight excluding hydrogens is 260 g/mol. The summed E-state index contributed by atoms with van der Waals surface area (Å²) < 4.78 is 0. The van der Waals surface area contributed by atoms with Crippen molar-refractivity contribution in [2.75, 3.05) is 6.54 Å². The quantitative estimate of drug-likeness (QED) is 0.871. The van der Waals surface area contributed by atoms with Crippen LogP contribution in [0.3, 0.4) is 0 Å². The van der Waals surface area contributed by atoms with Crippen molar-refractivity contribution in [2.24, 2.45) is 11.1 Å². The number of amides is 1. The first kappa shape index (κ1) is 14.4. The van der Waals surface area contributed by atoms with E-state index in [4.69, 9.17) is 17.3 Å². The monoisotopic (exact) mass is 280 g/mol. The molecule has 1 aromatic rings. The van der Waals surface area contributed by atoms with Gasteiger partial charge in [0.1, 0.15) is 0 Å². The first-order valence-electron chi connectivity index (χ1n) is 6.80. The van der Waals surface area contributed by atoms with E-state index in [-0.39, 0.29) is 17.4 Å². The van der Waals surface area contributed by atoms with Gasteiger partial charge in [0.25, 0.3) is 0 Å². The third-order valence-electron chi connectivity index (χ3n) is 4.13. The minimum atomic E-state index is -0.0731. The molecule has 19 heavy (non-hydrogen) atoms. The molecule has 1 fully saturated rings. The van der Waals surface area contributed by atoms with Gasteiger partial charge in [-0.3, -0.25) is 4.79 Å². The zero-order valence-electron chi connectivity index (χ0n) is 11.3. The summed E-state index contributed by atoms with van der Waals surface area (Å²) in [5.74, 6) is 0.0672. The Hall–Kier alpha value is -1.06. The van der Waals surface area contributed by atoms with Gasteiger partial charge in [-0.1, -0.05) is 36.2 Å². The van der Waals surface area contributed by atoms with Gasteiger partial charge in [-0.25, -0.2) is 0 Å². The van der Waals surface area contributed by atoms with E-state index in [0.717, 1.165) is 18.4 Å². The number of halogens is 1. The number of carbonyl (C=O) groups excluding carboxylic acids is 1. The van der Waals surface area contributed by atoms with Gasteiger partial charge in [0.15, 0.2) is 0 Å². The summed E-state index contributed by atoms with van der Waals surface area (Å²) in [6.07, 6.45) is 3.84. The van der Waals surface area contributed by atoms with Gasteiger partial charge < -0.3 is 11.1 Å². The summed E-state index contributed by atoms with van der Waals surface area (Å²) in [4.78, 5) is 12.1. The highest BCUT2D eigenvalue weighted by Crippen LogP contribution is 2.42. The number of hydrogen-bond acceptors (Lipinski definition) is 2. The molecular formula is C15H21ClN2O. The molecule has 1 amide bonds. The lowest BCUT2D eigenvalue weighted by Gasteiger charge is -2.40. The Balaban J connectivity index is 1.94. The SMILES string of the molecule is CC(NC(=O)CC1(CN)CCC1)c1ccccc1Cl. The minimum Gasteiger partial charge on any atom is -0.350 e. The third kappa shape index (κ3) is 3.28. The predicted octanol–water partition coefficient (Wildman–Crippen LogP) is 3.04. The van der Waals surface area contributed by atoms with Crippen LogP contribution in [0.25, 0.3) is 0 Å². The second-order valence-corrected chi connectivity index (χ2v) is 5.95. The molecule has 1 atom stereocenters. The second-order valence-electron chi connectivity index (χ2n) is 5.55. The molecule has 104 valence electrons. The smallest absolute Gasteiger partial charge is 0.221 e. The number of nitrogens with two attached hydrogens (primary N) is 1. The normalized spacial score (nSPS) is 18.5. The third-order valence-corrected chi connectivity index (χ3v) is 4.48. The summed E-state index contributed by atoms with van der Waals surface area (Å²) >= 11 is 6.13. The largest absolute Gasteiger partial charge is 0.350 e. The maximum atomic E-state index is 12.1. The molecule has 0 spiro atoms. The average Bonchev–Trinajstić information content (AvgIpc) is 2.34. The lowest BCUT2D eigenvalue weighted by atomic mass is 9.66. The fourth-order valence-corrected chi connectivity index (χ4v) is 2.97. The lowest BCUT2D eigenvalue weighted by molar-refractivity contribution is -0.125. The summed E-state index contributed by atoms with van der Waals surface area (Å²) in [5, 5.41) is 3.70. The lowest BCUT2D eigenvalue weighted by Crippen LogP contribution is -2.42. The van der Waals surface area contributed by atoms with Crippen LogP contribution in [0.2, 0.25) is 5.02 Å². The highest BCUT2D eigenvalue weighted by Gasteiger charge is 2.37. The average molecular weight is 281 g/mol. The van der Waals surface area contributed by atoms with Gasteiger partial charge in [-0.15, -0.1) is 0 Å². The van der Waals surface area contributed by atoms with Gasteiger partial charge in [0.2, 0.25) is 5.91 Å². The van der Waals surface area contributed by atoms with Gasteiger partial charge in [-0.05, 0) is 43.4 Å². The molecule has 1 aromatic carbocycles. The Morgan fingerprint density at radius 1 is 1.47 bits per heavy atom. The standard InChI is InChI=1S/C15H21ClN2O/c1-11(12-5-2-3-6-13(12)16)18-14(19)9-15(10-17)7-4-8-15/h2-3,5-6,11H,4,7-10,17H2,1H3,(H,18,19). The predicted molar refractivity (Wildman–Crippen MR) is 78.0 cm³/mol. The molecule has 0 bridgehead atoms. The van der Waals surface area contributed by atoms with Crippen LogP contribution in [0, 0.1) is 5.41 Å². The molecule has 0 aliphatic heterocycles. The Labute approximate surface area is 119 Å². The summed E-state index contributed by atoms with van der Waals surface area (Å²) in [5.41, 5.74) is 6.78. The summed E-state index contributed by atoms with van der Waals surface area (Å²) in [7, 11) is 0. The first-order valence-corrected chi connectivity index (χ1v) is 7.18. The molecule has 0 radical (unpaired) electrons. The highest BCUT2D eigenvalue weighted by molar-refractivity contribution is 6.31. The van der Waals surface area contributed by atoms with Crippen molar-refractivity contribution in [1.29, 1.82) is 0 Å². The topological polar surface area (TPSA) is 55.1 Å². The first-order chi connectivity index (χ1) is 9.06. The number of carbonyl (C=O) groups is 1. The Morgan fingerprint density at radius 2 is 2.16 bits per heavy atom. The molecule has 0 aromatic heterocycles. The molecule has 0 heterocycles. The molecule has 3 N–H and O–H groups in total. The highest BCUT2D eigenvalue weighted by atomic mass is 35.5. The van der Waals surface area contributed by atoms with Crippen molar-refractivity contribution in [3.05, 3.63) is 34.9 Å². The van der Waals surface area contributed by atoms with E-state index in [1.165, 1.54) is 6.42 Å². The Morgan fingerprint density at radius 3 is 2.68 bits per heavy atom. The van der Waals surface area contributed by atoms with E-state index >= 15 is 0 Å². The van der Waals surface area contributed by atoms with Crippen molar-refractivity contribution in [3.63, 3.8) is 0 Å². The van der Waals surface area contributed by atoms with Gasteiger partial charge in [0, 0.05) is 11.4 Å². The van der Waals surface area contributed by atoms with E-state index < -0.39 is 0 Å². The van der Waals surface area contributed by atoms with Crippen molar-refractivity contribution >= 4 is 17.5 Å². The fraction of sp³-hybridized carbons (Fsp3) is 0.533. The minimum absolute atomic E-state index is 0.0459. The van der Waals surface area contributed by atoms with Crippen LogP contribution in [-0.2, 0) is 4.79 Å². The number of rotatable bonds is 5. The van der Waals surface area contributed by atoms with E-state index in [9.17, 15) is 4.79 Å². The molecule has 3 nitrogen and oxygen atoms in total. The van der Waals surface area contributed by atoms with Gasteiger partial charge in [-0.2, -0.15) is 0 Å². The molecule has 4 heteroatoms. The summed E-state index contributed by atoms with van der Waals surface area (Å²) in [6, 6.07) is 7.52. The summed E-state index contributed by atoms with van der Waals surface area (Å²) in [6.45, 7) is 2.55. The maximum absolute atomic E-state index is 12.1. The van der Waals surface area contributed by atoms with Crippen molar-refractivity contribution < 1.29 is 4.79 Å². The maximum Gasteiger partial charge on any atom is 0.221 e. The van der Waals surface area contributed by atoms with Crippen LogP contribution in [0.15, 0.2) is 24.3 Å². The van der Waals surface area contributed by atoms with Crippen LogP contribution in [-0.4, -0.2) is 12.5 Å². The Bertz CT molecular complexity index is 452. The van der Waals surface area contributed by atoms with Crippen LogP contribution in [0.4, 0.5) is 0 Å². The molecule has 1 saturated carbocycles. The van der Waals surface area contributed by atoms with Gasteiger partial charge in [0.05, 0.1) is 6.04 Å². The van der Waals surface area contributed by atoms with Crippen LogP contribution < -0.4 is 11.1 Å². The van der Waals surface area contributed by atoms with E-state index in [1.807, 2.05) is 31.2 Å². The number of benzene rings is 1. The van der Waals surface area contributed by atoms with E-state index in [2.05, 4.69) is 5.32 Å². The van der Waals surface area contributed by atoms with Crippen LogP contribution in [0.1, 0.15) is 44.2 Å². The van der Waals surface area contributed by atoms with Crippen LogP contribution >= 0.6 is 11.6 Å². The zero-order chi connectivity index (χ0) is 13.9. The second kappa shape index (κ2) is 5.93. The molecule has 1 aliphatic rings. The zero-order valence-corrected chi connectivity index (χ0v) is 12.0. The Kier molecular flexibility index (Phi) is 4.48. The number of hydrogen-bond donors (Lipinski definition) is 2. The molecule has 2 rings (SSSR count). The molecule has 0 saturated heterocycles. The van der Waals surface area contributed by atoms with E-state index in [0.29, 0.717) is 18.0 Å². The van der Waals surface area contributed by atoms with E-state index in [1.54, 1.807) is 0 Å². The van der Waals surface area contributed by atoms with Crippen molar-refractivity contribution in [3.8, 4) is 0 Å². The number of nitrogens with one attached hydrogen (secondary N) is 1. The van der Waals surface area contributed by atoms with Crippen LogP contribution in [0.5, 0.6) is 0 Å². The molecule has 1 unspecified atom stereocenters.